The van der Waals surface area contributed by atoms with Crippen molar-refractivity contribution in [1.82, 2.24) is 4.90 Å². The van der Waals surface area contributed by atoms with Crippen LogP contribution in [0.2, 0.25) is 0 Å². The van der Waals surface area contributed by atoms with Gasteiger partial charge in [-0.25, -0.2) is 0 Å². The number of aliphatic hydroxyl groups excluding tert-OH is 1. The van der Waals surface area contributed by atoms with Gasteiger partial charge in [0, 0.05) is 26.2 Å². The van der Waals surface area contributed by atoms with E-state index in [4.69, 9.17) is 5.11 Å². The molecule has 0 amide bonds. The van der Waals surface area contributed by atoms with E-state index in [1.807, 2.05) is 18.2 Å². The van der Waals surface area contributed by atoms with Crippen molar-refractivity contribution >= 4 is 0 Å². The second-order valence-corrected chi connectivity index (χ2v) is 5.70. The number of aliphatic hydroxyl groups is 2. The third-order valence-electron chi connectivity index (χ3n) is 3.93. The van der Waals surface area contributed by atoms with E-state index >= 15 is 0 Å². The van der Waals surface area contributed by atoms with Crippen LogP contribution in [0.15, 0.2) is 30.3 Å². The van der Waals surface area contributed by atoms with Gasteiger partial charge in [0.05, 0.1) is 5.60 Å². The van der Waals surface area contributed by atoms with Gasteiger partial charge >= 0.3 is 0 Å². The maximum Gasteiger partial charge on any atom is 0.0774 e. The summed E-state index contributed by atoms with van der Waals surface area (Å²) < 4.78 is 0. The van der Waals surface area contributed by atoms with Gasteiger partial charge in [0.25, 0.3) is 0 Å². The van der Waals surface area contributed by atoms with Crippen molar-refractivity contribution < 1.29 is 10.2 Å². The van der Waals surface area contributed by atoms with E-state index in [1.165, 1.54) is 5.56 Å². The molecule has 0 unspecified atom stereocenters. The van der Waals surface area contributed by atoms with Gasteiger partial charge in [-0.3, -0.25) is 4.90 Å². The van der Waals surface area contributed by atoms with E-state index in [9.17, 15) is 5.11 Å². The highest BCUT2D eigenvalue weighted by Crippen LogP contribution is 2.30. The Hall–Kier alpha value is -0.900. The van der Waals surface area contributed by atoms with E-state index < -0.39 is 5.60 Å². The van der Waals surface area contributed by atoms with Crippen LogP contribution in [0.3, 0.4) is 0 Å². The molecule has 0 spiro atoms. The average molecular weight is 263 g/mol. The fourth-order valence-corrected chi connectivity index (χ4v) is 2.96. The van der Waals surface area contributed by atoms with E-state index in [0.29, 0.717) is 0 Å². The van der Waals surface area contributed by atoms with Crippen LogP contribution >= 0.6 is 0 Å². The smallest absolute Gasteiger partial charge is 0.0774 e. The van der Waals surface area contributed by atoms with Crippen molar-refractivity contribution in [1.29, 1.82) is 0 Å². The molecule has 0 radical (unpaired) electrons. The Morgan fingerprint density at radius 1 is 1.11 bits per heavy atom. The van der Waals surface area contributed by atoms with Gasteiger partial charge in [-0.2, -0.15) is 0 Å². The molecule has 0 aromatic heterocycles. The van der Waals surface area contributed by atoms with Crippen LogP contribution in [-0.2, 0) is 6.54 Å². The van der Waals surface area contributed by atoms with Crippen molar-refractivity contribution in [2.75, 3.05) is 19.7 Å². The van der Waals surface area contributed by atoms with Crippen LogP contribution in [0.25, 0.3) is 0 Å². The average Bonchev–Trinajstić information content (AvgIpc) is 2.84. The molecular formula is C16H25NO2. The van der Waals surface area contributed by atoms with Crippen LogP contribution in [-0.4, -0.2) is 40.4 Å². The van der Waals surface area contributed by atoms with E-state index in [-0.39, 0.29) is 6.61 Å². The molecule has 0 atom stereocenters. The van der Waals surface area contributed by atoms with Gasteiger partial charge in [0.2, 0.25) is 0 Å². The molecule has 106 valence electrons. The Labute approximate surface area is 115 Å². The normalized spacial score (nSPS) is 18.1. The third kappa shape index (κ3) is 4.60. The van der Waals surface area contributed by atoms with E-state index in [2.05, 4.69) is 17.0 Å². The SMILES string of the molecule is OCCCN(Cc1ccccc1)CC1(O)CCCC1. The molecule has 0 saturated heterocycles. The summed E-state index contributed by atoms with van der Waals surface area (Å²) in [5, 5.41) is 19.6. The number of benzene rings is 1. The molecular weight excluding hydrogens is 238 g/mol. The lowest BCUT2D eigenvalue weighted by atomic mass is 10.0. The summed E-state index contributed by atoms with van der Waals surface area (Å²) in [5.74, 6) is 0. The van der Waals surface area contributed by atoms with Gasteiger partial charge in [-0.05, 0) is 24.8 Å². The van der Waals surface area contributed by atoms with Crippen molar-refractivity contribution in [3.05, 3.63) is 35.9 Å². The van der Waals surface area contributed by atoms with Crippen LogP contribution in [0.5, 0.6) is 0 Å². The zero-order chi connectivity index (χ0) is 13.6. The van der Waals surface area contributed by atoms with Crippen LogP contribution in [0, 0.1) is 0 Å². The fraction of sp³-hybridized carbons (Fsp3) is 0.625. The molecule has 0 heterocycles. The second-order valence-electron chi connectivity index (χ2n) is 5.70. The molecule has 0 aliphatic heterocycles. The summed E-state index contributed by atoms with van der Waals surface area (Å²) in [6.07, 6.45) is 4.86. The first-order valence-electron chi connectivity index (χ1n) is 7.31. The van der Waals surface area contributed by atoms with Crippen LogP contribution in [0.4, 0.5) is 0 Å². The predicted octanol–water partition coefficient (Wildman–Crippen LogP) is 2.18. The number of rotatable bonds is 7. The summed E-state index contributed by atoms with van der Waals surface area (Å²) >= 11 is 0. The minimum absolute atomic E-state index is 0.212. The molecule has 1 aliphatic carbocycles. The monoisotopic (exact) mass is 263 g/mol. The molecule has 1 fully saturated rings. The quantitative estimate of drug-likeness (QED) is 0.792. The molecule has 1 aromatic rings. The number of nitrogens with zero attached hydrogens (tertiary/aromatic N) is 1. The third-order valence-corrected chi connectivity index (χ3v) is 3.93. The predicted molar refractivity (Wildman–Crippen MR) is 76.8 cm³/mol. The first-order valence-corrected chi connectivity index (χ1v) is 7.31. The fourth-order valence-electron chi connectivity index (χ4n) is 2.96. The lowest BCUT2D eigenvalue weighted by Crippen LogP contribution is -2.41. The highest BCUT2D eigenvalue weighted by Gasteiger charge is 2.32. The summed E-state index contributed by atoms with van der Waals surface area (Å²) in [7, 11) is 0. The van der Waals surface area contributed by atoms with Crippen molar-refractivity contribution in [3.63, 3.8) is 0 Å². The van der Waals surface area contributed by atoms with Gasteiger partial charge in [-0.15, -0.1) is 0 Å². The maximum atomic E-state index is 10.5. The lowest BCUT2D eigenvalue weighted by molar-refractivity contribution is 0.00555. The highest BCUT2D eigenvalue weighted by atomic mass is 16.3. The van der Waals surface area contributed by atoms with Crippen molar-refractivity contribution in [2.24, 2.45) is 0 Å². The second kappa shape index (κ2) is 7.04. The highest BCUT2D eigenvalue weighted by molar-refractivity contribution is 5.14. The Morgan fingerprint density at radius 3 is 2.42 bits per heavy atom. The Morgan fingerprint density at radius 2 is 1.79 bits per heavy atom. The molecule has 1 saturated carbocycles. The van der Waals surface area contributed by atoms with Gasteiger partial charge in [-0.1, -0.05) is 43.2 Å². The minimum atomic E-state index is -0.510. The van der Waals surface area contributed by atoms with Crippen LogP contribution in [0.1, 0.15) is 37.7 Å². The zero-order valence-electron chi connectivity index (χ0n) is 11.6. The minimum Gasteiger partial charge on any atom is -0.396 e. The number of hydrogen-bond acceptors (Lipinski definition) is 3. The molecule has 2 rings (SSSR count). The Bertz CT molecular complexity index is 360. The molecule has 19 heavy (non-hydrogen) atoms. The molecule has 1 aromatic carbocycles. The lowest BCUT2D eigenvalue weighted by Gasteiger charge is -2.31. The molecule has 1 aliphatic rings. The zero-order valence-corrected chi connectivity index (χ0v) is 11.6. The summed E-state index contributed by atoms with van der Waals surface area (Å²) in [4.78, 5) is 2.27. The Balaban J connectivity index is 1.95. The van der Waals surface area contributed by atoms with Gasteiger partial charge in [0.1, 0.15) is 0 Å². The van der Waals surface area contributed by atoms with Crippen molar-refractivity contribution in [3.8, 4) is 0 Å². The van der Waals surface area contributed by atoms with Crippen molar-refractivity contribution in [2.45, 2.75) is 44.2 Å². The maximum absolute atomic E-state index is 10.5. The molecule has 0 bridgehead atoms. The first-order chi connectivity index (χ1) is 9.22. The molecule has 3 heteroatoms. The summed E-state index contributed by atoms with van der Waals surface area (Å²) in [6.45, 7) is 2.63. The standard InChI is InChI=1S/C16H25NO2/c18-12-6-11-17(13-15-7-2-1-3-8-15)14-16(19)9-4-5-10-16/h1-3,7-8,18-19H,4-6,9-14H2. The first kappa shape index (κ1) is 14.5. The summed E-state index contributed by atoms with van der Waals surface area (Å²) in [5.41, 5.74) is 0.756. The molecule has 2 N–H and O–H groups in total. The van der Waals surface area contributed by atoms with E-state index in [0.717, 1.165) is 51.7 Å². The van der Waals surface area contributed by atoms with Gasteiger partial charge in [0.15, 0.2) is 0 Å². The summed E-state index contributed by atoms with van der Waals surface area (Å²) in [6, 6.07) is 10.3. The topological polar surface area (TPSA) is 43.7 Å². The van der Waals surface area contributed by atoms with E-state index in [1.54, 1.807) is 0 Å². The number of hydrogen-bond donors (Lipinski definition) is 2. The largest absolute Gasteiger partial charge is 0.396 e. The van der Waals surface area contributed by atoms with Gasteiger partial charge < -0.3 is 10.2 Å². The molecule has 3 nitrogen and oxygen atoms in total. The van der Waals surface area contributed by atoms with Crippen LogP contribution < -0.4 is 0 Å². The Kier molecular flexibility index (Phi) is 5.37.